The third-order valence-electron chi connectivity index (χ3n) is 2.92. The molecule has 0 aliphatic rings. The van der Waals surface area contributed by atoms with E-state index in [0.717, 1.165) is 36.6 Å². The Kier molecular flexibility index (Phi) is 8.60. The lowest BCUT2D eigenvalue weighted by Crippen LogP contribution is -2.20. The molecule has 0 aliphatic carbocycles. The lowest BCUT2D eigenvalue weighted by molar-refractivity contribution is 0.287. The predicted octanol–water partition coefficient (Wildman–Crippen LogP) is 4.13. The fraction of sp³-hybridized carbons (Fsp3) is 0.556. The van der Waals surface area contributed by atoms with Crippen molar-refractivity contribution in [1.82, 2.24) is 5.32 Å². The average Bonchev–Trinajstić information content (AvgIpc) is 2.45. The van der Waals surface area contributed by atoms with E-state index < -0.39 is 0 Å². The molecule has 1 aromatic rings. The average molecular weight is 291 g/mol. The summed E-state index contributed by atoms with van der Waals surface area (Å²) in [6.45, 7) is 11.8. The topological polar surface area (TPSA) is 30.5 Å². The summed E-state index contributed by atoms with van der Waals surface area (Å²) in [5.74, 6) is 2.34. The van der Waals surface area contributed by atoms with Crippen molar-refractivity contribution in [2.45, 2.75) is 34.1 Å². The molecule has 0 aromatic heterocycles. The Morgan fingerprint density at radius 3 is 2.48 bits per heavy atom. The zero-order chi connectivity index (χ0) is 15.5. The monoisotopic (exact) mass is 291 g/mol. The Bertz CT molecular complexity index is 427. The van der Waals surface area contributed by atoms with Crippen LogP contribution >= 0.6 is 0 Å². The first-order chi connectivity index (χ1) is 10.2. The minimum absolute atomic E-state index is 0.645. The van der Waals surface area contributed by atoms with E-state index in [4.69, 9.17) is 9.47 Å². The summed E-state index contributed by atoms with van der Waals surface area (Å²) in [4.78, 5) is 0. The molecule has 1 N–H and O–H groups in total. The van der Waals surface area contributed by atoms with Crippen LogP contribution in [0, 0.1) is 5.92 Å². The van der Waals surface area contributed by atoms with E-state index in [1.165, 1.54) is 0 Å². The molecule has 0 unspecified atom stereocenters. The van der Waals surface area contributed by atoms with Gasteiger partial charge in [-0.15, -0.1) is 0 Å². The highest BCUT2D eigenvalue weighted by molar-refractivity contribution is 5.55. The molecule has 21 heavy (non-hydrogen) atoms. The summed E-state index contributed by atoms with van der Waals surface area (Å²) in [7, 11) is 0. The first kappa shape index (κ1) is 17.6. The van der Waals surface area contributed by atoms with E-state index in [1.807, 2.05) is 26.0 Å². The van der Waals surface area contributed by atoms with Gasteiger partial charge in [-0.25, -0.2) is 0 Å². The van der Waals surface area contributed by atoms with Gasteiger partial charge in [0.25, 0.3) is 0 Å². The van der Waals surface area contributed by atoms with Gasteiger partial charge < -0.3 is 14.8 Å². The van der Waals surface area contributed by atoms with Crippen LogP contribution in [0.25, 0.3) is 6.08 Å². The van der Waals surface area contributed by atoms with Gasteiger partial charge in [0, 0.05) is 0 Å². The lowest BCUT2D eigenvalue weighted by atomic mass is 10.1. The maximum atomic E-state index is 5.63. The maximum Gasteiger partial charge on any atom is 0.161 e. The van der Waals surface area contributed by atoms with Crippen LogP contribution in [0.3, 0.4) is 0 Å². The minimum atomic E-state index is 0.645. The zero-order valence-corrected chi connectivity index (χ0v) is 13.8. The molecule has 0 amide bonds. The van der Waals surface area contributed by atoms with E-state index in [-0.39, 0.29) is 0 Å². The normalized spacial score (nSPS) is 11.3. The Morgan fingerprint density at radius 2 is 1.81 bits per heavy atom. The highest BCUT2D eigenvalue weighted by Gasteiger charge is 2.04. The molecular formula is C18H29NO2. The van der Waals surface area contributed by atoms with Crippen molar-refractivity contribution in [3.05, 3.63) is 29.8 Å². The second-order valence-electron chi connectivity index (χ2n) is 5.36. The van der Waals surface area contributed by atoms with Crippen LogP contribution in [-0.2, 0) is 0 Å². The van der Waals surface area contributed by atoms with Gasteiger partial charge in [0.05, 0.1) is 13.2 Å². The van der Waals surface area contributed by atoms with Crippen LogP contribution in [0.15, 0.2) is 24.3 Å². The third kappa shape index (κ3) is 7.19. The number of ether oxygens (including phenoxy) is 2. The molecular weight excluding hydrogens is 262 g/mol. The predicted molar refractivity (Wildman–Crippen MR) is 90.1 cm³/mol. The van der Waals surface area contributed by atoms with Gasteiger partial charge in [-0.1, -0.05) is 32.1 Å². The minimum Gasteiger partial charge on any atom is -0.490 e. The van der Waals surface area contributed by atoms with Crippen LogP contribution in [0.1, 0.15) is 39.7 Å². The van der Waals surface area contributed by atoms with Crippen molar-refractivity contribution >= 4 is 6.08 Å². The number of hydrogen-bond donors (Lipinski definition) is 1. The van der Waals surface area contributed by atoms with Crippen molar-refractivity contribution in [2.75, 3.05) is 26.3 Å². The number of rotatable bonds is 10. The Morgan fingerprint density at radius 1 is 1.10 bits per heavy atom. The molecule has 0 radical (unpaired) electrons. The van der Waals surface area contributed by atoms with Crippen LogP contribution < -0.4 is 14.8 Å². The van der Waals surface area contributed by atoms with Gasteiger partial charge >= 0.3 is 0 Å². The summed E-state index contributed by atoms with van der Waals surface area (Å²) in [6.07, 6.45) is 5.36. The molecule has 118 valence electrons. The lowest BCUT2D eigenvalue weighted by Gasteiger charge is -2.11. The van der Waals surface area contributed by atoms with Crippen molar-refractivity contribution in [3.63, 3.8) is 0 Å². The van der Waals surface area contributed by atoms with Crippen LogP contribution in [0.5, 0.6) is 11.5 Å². The number of benzene rings is 1. The Hall–Kier alpha value is -1.48. The van der Waals surface area contributed by atoms with Crippen molar-refractivity contribution < 1.29 is 9.47 Å². The Labute approximate surface area is 129 Å². The summed E-state index contributed by atoms with van der Waals surface area (Å²) in [5.41, 5.74) is 1.14. The summed E-state index contributed by atoms with van der Waals surface area (Å²) < 4.78 is 11.2. The van der Waals surface area contributed by atoms with Crippen LogP contribution in [0.2, 0.25) is 0 Å². The van der Waals surface area contributed by atoms with Gasteiger partial charge in [0.2, 0.25) is 0 Å². The molecule has 0 saturated carbocycles. The highest BCUT2D eigenvalue weighted by Crippen LogP contribution is 2.29. The number of hydrogen-bond acceptors (Lipinski definition) is 3. The quantitative estimate of drug-likeness (QED) is 0.657. The Balaban J connectivity index is 2.52. The van der Waals surface area contributed by atoms with Gasteiger partial charge in [-0.2, -0.15) is 0 Å². The molecule has 1 aromatic carbocycles. The first-order valence-electron chi connectivity index (χ1n) is 7.94. The largest absolute Gasteiger partial charge is 0.490 e. The van der Waals surface area contributed by atoms with Gasteiger partial charge in [0.15, 0.2) is 11.5 Å². The molecule has 0 saturated heterocycles. The highest BCUT2D eigenvalue weighted by atomic mass is 16.5. The fourth-order valence-electron chi connectivity index (χ4n) is 1.97. The van der Waals surface area contributed by atoms with Crippen LogP contribution in [-0.4, -0.2) is 26.3 Å². The van der Waals surface area contributed by atoms with Gasteiger partial charge in [0.1, 0.15) is 0 Å². The summed E-state index contributed by atoms with van der Waals surface area (Å²) >= 11 is 0. The first-order valence-corrected chi connectivity index (χ1v) is 7.94. The molecule has 0 bridgehead atoms. The van der Waals surface area contributed by atoms with Crippen molar-refractivity contribution in [2.24, 2.45) is 5.92 Å². The molecule has 1 rings (SSSR count). The molecule has 0 atom stereocenters. The molecule has 0 aliphatic heterocycles. The van der Waals surface area contributed by atoms with Gasteiger partial charge in [-0.05, 0) is 57.0 Å². The van der Waals surface area contributed by atoms with E-state index >= 15 is 0 Å². The van der Waals surface area contributed by atoms with Crippen molar-refractivity contribution in [3.8, 4) is 11.5 Å². The maximum absolute atomic E-state index is 5.63. The van der Waals surface area contributed by atoms with E-state index in [2.05, 4.69) is 37.4 Å². The SMILES string of the molecule is CCOc1ccc(C=CCCNCC(C)C)cc1OCC. The zero-order valence-electron chi connectivity index (χ0n) is 13.8. The van der Waals surface area contributed by atoms with E-state index in [9.17, 15) is 0 Å². The van der Waals surface area contributed by atoms with E-state index in [1.54, 1.807) is 0 Å². The van der Waals surface area contributed by atoms with E-state index in [0.29, 0.717) is 19.1 Å². The molecule has 3 heteroatoms. The number of nitrogens with one attached hydrogen (secondary N) is 1. The van der Waals surface area contributed by atoms with Crippen LogP contribution in [0.4, 0.5) is 0 Å². The summed E-state index contributed by atoms with van der Waals surface area (Å²) in [6, 6.07) is 6.07. The smallest absolute Gasteiger partial charge is 0.161 e. The second kappa shape index (κ2) is 10.3. The standard InChI is InChI=1S/C18H29NO2/c1-5-20-17-11-10-16(13-18(17)21-6-2)9-7-8-12-19-14-15(3)4/h7,9-11,13,15,19H,5-6,8,12,14H2,1-4H3. The third-order valence-corrected chi connectivity index (χ3v) is 2.92. The molecule has 3 nitrogen and oxygen atoms in total. The molecule has 0 spiro atoms. The van der Waals surface area contributed by atoms with Gasteiger partial charge in [-0.3, -0.25) is 0 Å². The fourth-order valence-corrected chi connectivity index (χ4v) is 1.97. The van der Waals surface area contributed by atoms with Crippen molar-refractivity contribution in [1.29, 1.82) is 0 Å². The molecule has 0 fully saturated rings. The second-order valence-corrected chi connectivity index (χ2v) is 5.36. The molecule has 0 heterocycles. The summed E-state index contributed by atoms with van der Waals surface area (Å²) in [5, 5.41) is 3.43.